The zero-order chi connectivity index (χ0) is 18.1. The second-order valence-corrected chi connectivity index (χ2v) is 7.97. The summed E-state index contributed by atoms with van der Waals surface area (Å²) >= 11 is 1.58. The molecule has 2 aromatic rings. The molecule has 2 unspecified atom stereocenters. The molecule has 2 fully saturated rings. The van der Waals surface area contributed by atoms with Gasteiger partial charge in [-0.05, 0) is 33.1 Å². The van der Waals surface area contributed by atoms with Crippen molar-refractivity contribution in [3.05, 3.63) is 40.4 Å². The van der Waals surface area contributed by atoms with E-state index in [2.05, 4.69) is 19.1 Å². The number of thiazole rings is 1. The van der Waals surface area contributed by atoms with E-state index in [-0.39, 0.29) is 23.4 Å². The molecule has 2 saturated carbocycles. The molecule has 25 heavy (non-hydrogen) atoms. The lowest BCUT2D eigenvalue weighted by Crippen LogP contribution is -2.35. The van der Waals surface area contributed by atoms with E-state index in [1.54, 1.807) is 11.3 Å². The zero-order valence-corrected chi connectivity index (χ0v) is 16.2. The lowest BCUT2D eigenvalue weighted by atomic mass is 9.77. The number of aromatic nitrogens is 1. The third kappa shape index (κ3) is 3.20. The monoisotopic (exact) mass is 355 g/mol. The summed E-state index contributed by atoms with van der Waals surface area (Å²) in [4.78, 5) is 31.1. The van der Waals surface area contributed by atoms with E-state index < -0.39 is 5.92 Å². The Bertz CT molecular complexity index is 769. The number of aryl methyl sites for hydroxylation is 2. The van der Waals surface area contributed by atoms with Crippen molar-refractivity contribution >= 4 is 22.9 Å². The van der Waals surface area contributed by atoms with Gasteiger partial charge < -0.3 is 0 Å². The van der Waals surface area contributed by atoms with Crippen LogP contribution >= 0.6 is 11.3 Å². The lowest BCUT2D eigenvalue weighted by Gasteiger charge is -2.24. The van der Waals surface area contributed by atoms with Gasteiger partial charge >= 0.3 is 0 Å². The van der Waals surface area contributed by atoms with Crippen molar-refractivity contribution in [1.82, 2.24) is 4.98 Å². The predicted molar refractivity (Wildman–Crippen MR) is 102 cm³/mol. The summed E-state index contributed by atoms with van der Waals surface area (Å²) in [5.74, 6) is -0.254. The molecule has 4 heteroatoms. The van der Waals surface area contributed by atoms with Crippen LogP contribution in [-0.4, -0.2) is 16.6 Å². The van der Waals surface area contributed by atoms with Crippen molar-refractivity contribution in [2.45, 2.75) is 52.9 Å². The van der Waals surface area contributed by atoms with E-state index in [0.717, 1.165) is 34.7 Å². The Morgan fingerprint density at radius 1 is 0.960 bits per heavy atom. The van der Waals surface area contributed by atoms with Gasteiger partial charge in [-0.15, -0.1) is 11.3 Å². The summed E-state index contributed by atoms with van der Waals surface area (Å²) in [5.41, 5.74) is 2.96. The standard InChI is InChI=1S/C19H19NO2S.C2H6/c1-10-3-5-12(6-4-10)19-20-16(11(2)23-19)15-17(21)13-7-8-14(9-13)18(15)22;1-2/h3-6,13-15H,7-9H2,1-2H3;1-2H3. The molecule has 0 saturated heterocycles. The average molecular weight is 356 g/mol. The Morgan fingerprint density at radius 3 is 2.08 bits per heavy atom. The Balaban J connectivity index is 0.000000880. The molecule has 1 heterocycles. The molecule has 2 bridgehead atoms. The van der Waals surface area contributed by atoms with Crippen LogP contribution in [0.3, 0.4) is 0 Å². The van der Waals surface area contributed by atoms with Crippen molar-refractivity contribution in [3.8, 4) is 10.6 Å². The Labute approximate surface area is 153 Å². The van der Waals surface area contributed by atoms with Crippen LogP contribution in [0.5, 0.6) is 0 Å². The topological polar surface area (TPSA) is 47.0 Å². The van der Waals surface area contributed by atoms with Gasteiger partial charge in [0.1, 0.15) is 10.9 Å². The number of carbonyl (C=O) groups is 2. The van der Waals surface area contributed by atoms with E-state index in [4.69, 9.17) is 4.98 Å². The fraction of sp³-hybridized carbons (Fsp3) is 0.476. The first kappa shape index (κ1) is 18.0. The average Bonchev–Trinajstić information content (AvgIpc) is 3.22. The maximum Gasteiger partial charge on any atom is 0.152 e. The van der Waals surface area contributed by atoms with E-state index in [1.807, 2.05) is 32.9 Å². The van der Waals surface area contributed by atoms with Crippen LogP contribution in [-0.2, 0) is 9.59 Å². The van der Waals surface area contributed by atoms with Gasteiger partial charge in [0.2, 0.25) is 0 Å². The smallest absolute Gasteiger partial charge is 0.152 e. The first-order valence-corrected chi connectivity index (χ1v) is 9.98. The van der Waals surface area contributed by atoms with E-state index in [0.29, 0.717) is 5.69 Å². The molecule has 132 valence electrons. The van der Waals surface area contributed by atoms with Gasteiger partial charge in [0.05, 0.1) is 5.69 Å². The molecule has 0 aliphatic heterocycles. The van der Waals surface area contributed by atoms with Crippen LogP contribution in [0.15, 0.2) is 24.3 Å². The number of nitrogens with zero attached hydrogens (tertiary/aromatic N) is 1. The second kappa shape index (κ2) is 7.20. The summed E-state index contributed by atoms with van der Waals surface area (Å²) in [5, 5.41) is 0.899. The first-order valence-electron chi connectivity index (χ1n) is 9.16. The summed E-state index contributed by atoms with van der Waals surface area (Å²) in [6, 6.07) is 8.21. The minimum atomic E-state index is -0.614. The van der Waals surface area contributed by atoms with Crippen LogP contribution in [0.1, 0.15) is 55.2 Å². The van der Waals surface area contributed by atoms with Crippen LogP contribution in [0.4, 0.5) is 0 Å². The molecule has 0 radical (unpaired) electrons. The predicted octanol–water partition coefficient (Wildman–Crippen LogP) is 5.10. The van der Waals surface area contributed by atoms with Crippen molar-refractivity contribution in [2.24, 2.45) is 11.8 Å². The highest BCUT2D eigenvalue weighted by molar-refractivity contribution is 7.15. The fourth-order valence-electron chi connectivity index (χ4n) is 3.88. The van der Waals surface area contributed by atoms with E-state index in [1.165, 1.54) is 5.56 Å². The minimum Gasteiger partial charge on any atom is -0.298 e. The van der Waals surface area contributed by atoms with Gasteiger partial charge in [-0.1, -0.05) is 43.7 Å². The van der Waals surface area contributed by atoms with Crippen LogP contribution in [0.2, 0.25) is 0 Å². The molecule has 1 aromatic carbocycles. The molecule has 2 aliphatic carbocycles. The van der Waals surface area contributed by atoms with Gasteiger partial charge in [0.15, 0.2) is 11.6 Å². The van der Waals surface area contributed by atoms with Gasteiger partial charge in [-0.2, -0.15) is 0 Å². The SMILES string of the molecule is CC.Cc1ccc(-c2nc(C3C(=O)C4CCC(C4)C3=O)c(C)s2)cc1. The number of rotatable bonds is 2. The quantitative estimate of drug-likeness (QED) is 0.704. The maximum absolute atomic E-state index is 12.7. The number of benzene rings is 1. The summed E-state index contributed by atoms with van der Waals surface area (Å²) in [6.45, 7) is 8.03. The highest BCUT2D eigenvalue weighted by Gasteiger charge is 2.48. The number of ketones is 2. The molecule has 0 N–H and O–H groups in total. The molecule has 1 aromatic heterocycles. The highest BCUT2D eigenvalue weighted by Crippen LogP contribution is 2.45. The van der Waals surface area contributed by atoms with Crippen molar-refractivity contribution in [1.29, 1.82) is 0 Å². The van der Waals surface area contributed by atoms with Crippen LogP contribution < -0.4 is 0 Å². The molecule has 0 spiro atoms. The molecule has 0 amide bonds. The number of hydrogen-bond donors (Lipinski definition) is 0. The first-order chi connectivity index (χ1) is 12.0. The molecular weight excluding hydrogens is 330 g/mol. The number of carbonyl (C=O) groups excluding carboxylic acids is 2. The highest BCUT2D eigenvalue weighted by atomic mass is 32.1. The second-order valence-electron chi connectivity index (χ2n) is 6.77. The third-order valence-corrected chi connectivity index (χ3v) is 6.25. The fourth-order valence-corrected chi connectivity index (χ4v) is 4.83. The Kier molecular flexibility index (Phi) is 5.19. The van der Waals surface area contributed by atoms with Crippen molar-refractivity contribution < 1.29 is 9.59 Å². The lowest BCUT2D eigenvalue weighted by molar-refractivity contribution is -0.136. The van der Waals surface area contributed by atoms with Crippen LogP contribution in [0, 0.1) is 25.7 Å². The minimum absolute atomic E-state index is 0.0756. The van der Waals surface area contributed by atoms with Crippen molar-refractivity contribution in [2.75, 3.05) is 0 Å². The Hall–Kier alpha value is -1.81. The van der Waals surface area contributed by atoms with Gasteiger partial charge in [0, 0.05) is 22.3 Å². The normalized spacial score (nSPS) is 24.9. The summed E-state index contributed by atoms with van der Waals surface area (Å²) in [6.07, 6.45) is 2.52. The molecule has 3 nitrogen and oxygen atoms in total. The third-order valence-electron chi connectivity index (χ3n) is 5.21. The molecule has 2 atom stereocenters. The zero-order valence-electron chi connectivity index (χ0n) is 15.3. The van der Waals surface area contributed by atoms with Gasteiger partial charge in [0.25, 0.3) is 0 Å². The Morgan fingerprint density at radius 2 is 1.52 bits per heavy atom. The van der Waals surface area contributed by atoms with Gasteiger partial charge in [-0.3, -0.25) is 9.59 Å². The maximum atomic E-state index is 12.7. The van der Waals surface area contributed by atoms with Crippen LogP contribution in [0.25, 0.3) is 10.6 Å². The van der Waals surface area contributed by atoms with E-state index in [9.17, 15) is 9.59 Å². The molecule has 2 aliphatic rings. The summed E-state index contributed by atoms with van der Waals surface area (Å²) < 4.78 is 0. The largest absolute Gasteiger partial charge is 0.298 e. The van der Waals surface area contributed by atoms with E-state index >= 15 is 0 Å². The number of hydrogen-bond acceptors (Lipinski definition) is 4. The summed E-state index contributed by atoms with van der Waals surface area (Å²) in [7, 11) is 0. The number of fused-ring (bicyclic) bond motifs is 2. The van der Waals surface area contributed by atoms with Gasteiger partial charge in [-0.25, -0.2) is 4.98 Å². The molecule has 4 rings (SSSR count). The molecular formula is C21H25NO2S. The van der Waals surface area contributed by atoms with Crippen molar-refractivity contribution in [3.63, 3.8) is 0 Å². The number of Topliss-reactive ketones (excluding diaryl/α,β-unsaturated/α-hetero) is 2.